The van der Waals surface area contributed by atoms with Crippen LogP contribution in [0.15, 0.2) is 42.5 Å². The summed E-state index contributed by atoms with van der Waals surface area (Å²) in [4.78, 5) is 4.52. The largest absolute Gasteiger partial charge is 0.462 e. The third-order valence-corrected chi connectivity index (χ3v) is 6.63. The molecule has 0 aliphatic carbocycles. The molecule has 0 aromatic heterocycles. The highest BCUT2D eigenvalue weighted by molar-refractivity contribution is 5.73. The van der Waals surface area contributed by atoms with Crippen LogP contribution in [0.4, 0.5) is 5.69 Å². The molecule has 2 aromatic rings. The van der Waals surface area contributed by atoms with E-state index < -0.39 is 5.72 Å². The van der Waals surface area contributed by atoms with Gasteiger partial charge in [-0.05, 0) is 68.8 Å². The molecule has 1 spiro atoms. The molecule has 0 N–H and O–H groups in total. The van der Waals surface area contributed by atoms with Gasteiger partial charge in [-0.15, -0.1) is 0 Å². The number of fused-ring (bicyclic) bond motifs is 2. The van der Waals surface area contributed by atoms with Crippen molar-refractivity contribution in [3.63, 3.8) is 0 Å². The van der Waals surface area contributed by atoms with E-state index in [1.807, 2.05) is 0 Å². The van der Waals surface area contributed by atoms with Gasteiger partial charge in [-0.25, -0.2) is 0 Å². The number of likely N-dealkylation sites (N-methyl/N-ethyl adjacent to an activating group) is 1. The summed E-state index contributed by atoms with van der Waals surface area (Å²) in [5.74, 6) is 1.02. The van der Waals surface area contributed by atoms with Gasteiger partial charge in [-0.3, -0.25) is 0 Å². The van der Waals surface area contributed by atoms with E-state index in [1.165, 1.54) is 27.9 Å². The van der Waals surface area contributed by atoms with Crippen molar-refractivity contribution in [2.45, 2.75) is 57.7 Å². The van der Waals surface area contributed by atoms with E-state index in [-0.39, 0.29) is 10.8 Å². The van der Waals surface area contributed by atoms with Gasteiger partial charge < -0.3 is 14.5 Å². The summed E-state index contributed by atoms with van der Waals surface area (Å²) in [6.07, 6.45) is 4.54. The first-order valence-electron chi connectivity index (χ1n) is 10.5. The SMILES string of the molecule is CN(C)Cc1cc(C(C)(C)C)cc2c1O[C@@]1(C=C2)N(C)c2ccccc2C1(C)C. The Labute approximate surface area is 176 Å². The van der Waals surface area contributed by atoms with Crippen molar-refractivity contribution in [3.05, 3.63) is 64.7 Å². The van der Waals surface area contributed by atoms with Gasteiger partial charge in [-0.1, -0.05) is 45.0 Å². The maximum Gasteiger partial charge on any atom is 0.211 e. The molecule has 0 radical (unpaired) electrons. The summed E-state index contributed by atoms with van der Waals surface area (Å²) in [5, 5.41) is 0. The summed E-state index contributed by atoms with van der Waals surface area (Å²) in [7, 11) is 6.39. The van der Waals surface area contributed by atoms with Crippen LogP contribution in [0.25, 0.3) is 6.08 Å². The lowest BCUT2D eigenvalue weighted by atomic mass is 9.76. The van der Waals surface area contributed by atoms with Crippen molar-refractivity contribution in [2.24, 2.45) is 0 Å². The molecule has 3 nitrogen and oxygen atoms in total. The van der Waals surface area contributed by atoms with Crippen molar-refractivity contribution < 1.29 is 4.74 Å². The first-order chi connectivity index (χ1) is 13.5. The number of ether oxygens (including phenoxy) is 1. The van der Waals surface area contributed by atoms with E-state index >= 15 is 0 Å². The zero-order valence-corrected chi connectivity index (χ0v) is 19.1. The van der Waals surface area contributed by atoms with Gasteiger partial charge in [0.05, 0.1) is 5.41 Å². The number of para-hydroxylation sites is 1. The van der Waals surface area contributed by atoms with Gasteiger partial charge in [0.2, 0.25) is 5.72 Å². The molecule has 0 fully saturated rings. The first-order valence-corrected chi connectivity index (χ1v) is 10.5. The van der Waals surface area contributed by atoms with E-state index in [2.05, 4.69) is 114 Å². The summed E-state index contributed by atoms with van der Waals surface area (Å²) in [5.41, 5.74) is 5.74. The predicted octanol–water partition coefficient (Wildman–Crippen LogP) is 5.58. The van der Waals surface area contributed by atoms with Crippen LogP contribution in [-0.4, -0.2) is 31.8 Å². The van der Waals surface area contributed by atoms with Gasteiger partial charge in [0.25, 0.3) is 0 Å². The topological polar surface area (TPSA) is 15.7 Å². The van der Waals surface area contributed by atoms with Gasteiger partial charge in [0.15, 0.2) is 0 Å². The number of nitrogens with zero attached hydrogens (tertiary/aromatic N) is 2. The number of hydrogen-bond acceptors (Lipinski definition) is 3. The number of hydrogen-bond donors (Lipinski definition) is 0. The lowest BCUT2D eigenvalue weighted by Gasteiger charge is -2.46. The molecule has 1 atom stereocenters. The van der Waals surface area contributed by atoms with E-state index in [0.717, 1.165) is 12.3 Å². The second kappa shape index (κ2) is 6.37. The Bertz CT molecular complexity index is 981. The minimum atomic E-state index is -0.534. The first kappa shape index (κ1) is 20.0. The van der Waals surface area contributed by atoms with Gasteiger partial charge in [0.1, 0.15) is 5.75 Å². The lowest BCUT2D eigenvalue weighted by Crippen LogP contribution is -2.58. The predicted molar refractivity (Wildman–Crippen MR) is 123 cm³/mol. The number of rotatable bonds is 2. The van der Waals surface area contributed by atoms with Crippen LogP contribution in [0.5, 0.6) is 5.75 Å². The maximum atomic E-state index is 7.00. The third kappa shape index (κ3) is 2.90. The quantitative estimate of drug-likeness (QED) is 0.666. The Morgan fingerprint density at radius 1 is 1.07 bits per heavy atom. The molecule has 2 aliphatic rings. The highest BCUT2D eigenvalue weighted by Gasteiger charge is 2.57. The van der Waals surface area contributed by atoms with E-state index in [4.69, 9.17) is 4.74 Å². The smallest absolute Gasteiger partial charge is 0.211 e. The summed E-state index contributed by atoms with van der Waals surface area (Å²) in [6.45, 7) is 12.3. The molecule has 3 heteroatoms. The fourth-order valence-corrected chi connectivity index (χ4v) is 4.85. The Balaban J connectivity index is 1.88. The fourth-order valence-electron chi connectivity index (χ4n) is 4.85. The van der Waals surface area contributed by atoms with Crippen molar-refractivity contribution in [3.8, 4) is 5.75 Å². The Hall–Kier alpha value is -2.26. The Morgan fingerprint density at radius 2 is 1.76 bits per heavy atom. The lowest BCUT2D eigenvalue weighted by molar-refractivity contribution is 0.0565. The van der Waals surface area contributed by atoms with E-state index in [0.29, 0.717) is 0 Å². The molecular weight excluding hydrogens is 356 g/mol. The molecule has 2 aliphatic heterocycles. The molecule has 0 bridgehead atoms. The molecule has 2 heterocycles. The summed E-state index contributed by atoms with van der Waals surface area (Å²) >= 11 is 0. The fraction of sp³-hybridized carbons (Fsp3) is 0.462. The Morgan fingerprint density at radius 3 is 2.38 bits per heavy atom. The second-order valence-electron chi connectivity index (χ2n) is 10.4. The highest BCUT2D eigenvalue weighted by Crippen LogP contribution is 2.54. The molecule has 154 valence electrons. The summed E-state index contributed by atoms with van der Waals surface area (Å²) < 4.78 is 7.00. The van der Waals surface area contributed by atoms with Gasteiger partial charge in [-0.2, -0.15) is 0 Å². The number of benzene rings is 2. The van der Waals surface area contributed by atoms with Crippen LogP contribution in [0.2, 0.25) is 0 Å². The zero-order valence-electron chi connectivity index (χ0n) is 19.1. The average molecular weight is 391 g/mol. The molecule has 2 aromatic carbocycles. The molecule has 0 saturated heterocycles. The van der Waals surface area contributed by atoms with Crippen molar-refractivity contribution >= 4 is 11.8 Å². The zero-order chi connectivity index (χ0) is 21.2. The molecular formula is C26H34N2O. The van der Waals surface area contributed by atoms with Crippen molar-refractivity contribution in [2.75, 3.05) is 26.0 Å². The third-order valence-electron chi connectivity index (χ3n) is 6.63. The Kier molecular flexibility index (Phi) is 4.40. The molecule has 4 rings (SSSR count). The van der Waals surface area contributed by atoms with Crippen molar-refractivity contribution in [1.29, 1.82) is 0 Å². The maximum absolute atomic E-state index is 7.00. The number of anilines is 1. The minimum absolute atomic E-state index is 0.0960. The van der Waals surface area contributed by atoms with Crippen LogP contribution in [0, 0.1) is 0 Å². The van der Waals surface area contributed by atoms with Crippen LogP contribution < -0.4 is 9.64 Å². The highest BCUT2D eigenvalue weighted by atomic mass is 16.5. The van der Waals surface area contributed by atoms with E-state index in [9.17, 15) is 0 Å². The second-order valence-corrected chi connectivity index (χ2v) is 10.4. The normalized spacial score (nSPS) is 22.0. The van der Waals surface area contributed by atoms with Crippen LogP contribution in [-0.2, 0) is 17.4 Å². The molecule has 29 heavy (non-hydrogen) atoms. The standard InChI is InChI=1S/C26H34N2O/c1-24(2,3)20-15-18-13-14-26(29-23(18)19(16-20)17-27(6)7)25(4,5)21-11-9-10-12-22(21)28(26)8/h9-16H,17H2,1-8H3/t26-/m1/s1. The average Bonchev–Trinajstić information content (AvgIpc) is 2.80. The van der Waals surface area contributed by atoms with Gasteiger partial charge in [0, 0.05) is 30.4 Å². The molecule has 0 unspecified atom stereocenters. The van der Waals surface area contributed by atoms with E-state index in [1.54, 1.807) is 0 Å². The van der Waals surface area contributed by atoms with Crippen LogP contribution in [0.3, 0.4) is 0 Å². The van der Waals surface area contributed by atoms with Gasteiger partial charge >= 0.3 is 0 Å². The van der Waals surface area contributed by atoms with Crippen LogP contribution >= 0.6 is 0 Å². The minimum Gasteiger partial charge on any atom is -0.462 e. The van der Waals surface area contributed by atoms with Crippen molar-refractivity contribution in [1.82, 2.24) is 4.90 Å². The molecule has 0 amide bonds. The molecule has 0 saturated carbocycles. The van der Waals surface area contributed by atoms with Crippen LogP contribution in [0.1, 0.15) is 56.9 Å². The monoisotopic (exact) mass is 390 g/mol. The summed E-state index contributed by atoms with van der Waals surface area (Å²) in [6, 6.07) is 13.3.